The van der Waals surface area contributed by atoms with E-state index >= 15 is 0 Å². The molecule has 1 aromatic heterocycles. The van der Waals surface area contributed by atoms with Crippen LogP contribution < -0.4 is 5.32 Å². The molecule has 1 aromatic rings. The van der Waals surface area contributed by atoms with E-state index in [1.807, 2.05) is 13.8 Å². The molecule has 1 saturated carbocycles. The van der Waals surface area contributed by atoms with Gasteiger partial charge in [0.05, 0.1) is 0 Å². The minimum absolute atomic E-state index is 0.116. The third-order valence-electron chi connectivity index (χ3n) is 2.83. The van der Waals surface area contributed by atoms with Crippen LogP contribution in [-0.4, -0.2) is 11.0 Å². The van der Waals surface area contributed by atoms with E-state index in [0.29, 0.717) is 6.42 Å². The first kappa shape index (κ1) is 11.2. The predicted octanol–water partition coefficient (Wildman–Crippen LogP) is 2.85. The van der Waals surface area contributed by atoms with Crippen LogP contribution in [0.4, 0.5) is 23.2 Å². The van der Waals surface area contributed by atoms with Crippen molar-refractivity contribution >= 4 is 5.69 Å². The minimum atomic E-state index is -1.64. The maximum absolute atomic E-state index is 13.2. The van der Waals surface area contributed by atoms with Gasteiger partial charge < -0.3 is 5.32 Å². The van der Waals surface area contributed by atoms with Gasteiger partial charge in [0.25, 0.3) is 11.9 Å². The Hall–Kier alpha value is -1.33. The summed E-state index contributed by atoms with van der Waals surface area (Å²) in [5, 5.41) is 2.45. The Labute approximate surface area is 89.7 Å². The molecule has 1 fully saturated rings. The zero-order valence-electron chi connectivity index (χ0n) is 8.74. The molecule has 2 nitrogen and oxygen atoms in total. The van der Waals surface area contributed by atoms with Crippen LogP contribution in [0.5, 0.6) is 0 Å². The molecule has 0 spiro atoms. The summed E-state index contributed by atoms with van der Waals surface area (Å²) in [5.74, 6) is -6.25. The van der Waals surface area contributed by atoms with Crippen molar-refractivity contribution in [3.05, 3.63) is 23.5 Å². The second-order valence-electron chi connectivity index (χ2n) is 4.59. The van der Waals surface area contributed by atoms with Crippen LogP contribution in [-0.2, 0) is 0 Å². The number of anilines is 1. The number of rotatable bonds is 2. The number of halogens is 4. The van der Waals surface area contributed by atoms with E-state index in [-0.39, 0.29) is 11.5 Å². The summed E-state index contributed by atoms with van der Waals surface area (Å²) < 4.78 is 51.9. The van der Waals surface area contributed by atoms with E-state index in [2.05, 4.69) is 10.3 Å². The molecule has 1 unspecified atom stereocenters. The topological polar surface area (TPSA) is 24.9 Å². The molecule has 0 saturated heterocycles. The van der Waals surface area contributed by atoms with Crippen molar-refractivity contribution in [1.82, 2.24) is 4.98 Å². The lowest BCUT2D eigenvalue weighted by molar-refractivity contribution is 0.410. The van der Waals surface area contributed by atoms with Crippen LogP contribution in [0.3, 0.4) is 0 Å². The summed E-state index contributed by atoms with van der Waals surface area (Å²) >= 11 is 0. The molecule has 88 valence electrons. The lowest BCUT2D eigenvalue weighted by Crippen LogP contribution is -2.14. The molecule has 1 heterocycles. The maximum atomic E-state index is 13.2. The van der Waals surface area contributed by atoms with Crippen molar-refractivity contribution in [2.45, 2.75) is 26.3 Å². The fourth-order valence-electron chi connectivity index (χ4n) is 1.50. The number of nitrogens with one attached hydrogen (secondary N) is 1. The van der Waals surface area contributed by atoms with Crippen LogP contribution in [0, 0.1) is 28.9 Å². The van der Waals surface area contributed by atoms with Gasteiger partial charge in [0.1, 0.15) is 5.69 Å². The van der Waals surface area contributed by atoms with Gasteiger partial charge in [0, 0.05) is 6.04 Å². The summed E-state index contributed by atoms with van der Waals surface area (Å²) in [6, 6.07) is -0.183. The van der Waals surface area contributed by atoms with Gasteiger partial charge in [-0.1, -0.05) is 13.8 Å². The maximum Gasteiger partial charge on any atom is 0.253 e. The number of aromatic nitrogens is 1. The van der Waals surface area contributed by atoms with Gasteiger partial charge >= 0.3 is 0 Å². The van der Waals surface area contributed by atoms with Gasteiger partial charge in [-0.15, -0.1) is 0 Å². The van der Waals surface area contributed by atoms with Gasteiger partial charge in [-0.3, -0.25) is 0 Å². The van der Waals surface area contributed by atoms with Gasteiger partial charge in [0.2, 0.25) is 11.6 Å². The molecule has 0 radical (unpaired) electrons. The highest BCUT2D eigenvalue weighted by Gasteiger charge is 2.46. The SMILES string of the molecule is CC1(C)CC1Nc1c(F)c(F)nc(F)c1F. The molecule has 1 atom stereocenters. The van der Waals surface area contributed by atoms with Crippen LogP contribution in [0.25, 0.3) is 0 Å². The fraction of sp³-hybridized carbons (Fsp3) is 0.500. The lowest BCUT2D eigenvalue weighted by atomic mass is 10.2. The van der Waals surface area contributed by atoms with E-state index in [9.17, 15) is 17.6 Å². The van der Waals surface area contributed by atoms with E-state index < -0.39 is 29.2 Å². The molecule has 1 aliphatic carbocycles. The van der Waals surface area contributed by atoms with Crippen LogP contribution >= 0.6 is 0 Å². The summed E-state index contributed by atoms with van der Waals surface area (Å²) in [4.78, 5) is 2.47. The van der Waals surface area contributed by atoms with E-state index in [4.69, 9.17) is 0 Å². The largest absolute Gasteiger partial charge is 0.377 e. The second-order valence-corrected chi connectivity index (χ2v) is 4.59. The number of hydrogen-bond donors (Lipinski definition) is 1. The molecule has 0 bridgehead atoms. The zero-order chi connectivity index (χ0) is 12.1. The molecule has 0 amide bonds. The molecule has 2 rings (SSSR count). The van der Waals surface area contributed by atoms with Crippen molar-refractivity contribution < 1.29 is 17.6 Å². The summed E-state index contributed by atoms with van der Waals surface area (Å²) in [5.41, 5.74) is -0.893. The molecule has 0 aromatic carbocycles. The normalized spacial score (nSPS) is 22.0. The van der Waals surface area contributed by atoms with E-state index in [1.165, 1.54) is 0 Å². The molecule has 1 aliphatic rings. The Kier molecular flexibility index (Phi) is 2.32. The third-order valence-corrected chi connectivity index (χ3v) is 2.83. The first-order valence-corrected chi connectivity index (χ1v) is 4.79. The van der Waals surface area contributed by atoms with E-state index in [0.717, 1.165) is 0 Å². The average Bonchev–Trinajstić information content (AvgIpc) is 2.78. The van der Waals surface area contributed by atoms with Crippen LogP contribution in [0.2, 0.25) is 0 Å². The highest BCUT2D eigenvalue weighted by molar-refractivity contribution is 5.48. The third kappa shape index (κ3) is 1.72. The van der Waals surface area contributed by atoms with Crippen molar-refractivity contribution in [3.8, 4) is 0 Å². The Balaban J connectivity index is 2.33. The number of hydrogen-bond acceptors (Lipinski definition) is 2. The van der Waals surface area contributed by atoms with Crippen molar-refractivity contribution in [2.24, 2.45) is 5.41 Å². The van der Waals surface area contributed by atoms with Crippen LogP contribution in [0.1, 0.15) is 20.3 Å². The fourth-order valence-corrected chi connectivity index (χ4v) is 1.50. The first-order valence-electron chi connectivity index (χ1n) is 4.79. The van der Waals surface area contributed by atoms with Crippen molar-refractivity contribution in [2.75, 3.05) is 5.32 Å². The average molecular weight is 234 g/mol. The summed E-state index contributed by atoms with van der Waals surface area (Å²) in [6.07, 6.45) is 0.692. The number of nitrogens with zero attached hydrogens (tertiary/aromatic N) is 1. The van der Waals surface area contributed by atoms with Crippen LogP contribution in [0.15, 0.2) is 0 Å². The van der Waals surface area contributed by atoms with Gasteiger partial charge in [0.15, 0.2) is 0 Å². The molecular formula is C10H10F4N2. The smallest absolute Gasteiger partial charge is 0.253 e. The standard InChI is InChI=1S/C10H10F4N2/c1-10(2)3-4(10)15-7-5(11)8(13)16-9(14)6(7)12/h4H,3H2,1-2H3,(H,15,16). The highest BCUT2D eigenvalue weighted by atomic mass is 19.2. The highest BCUT2D eigenvalue weighted by Crippen LogP contribution is 2.47. The minimum Gasteiger partial charge on any atom is -0.377 e. The van der Waals surface area contributed by atoms with Crippen molar-refractivity contribution in [1.29, 1.82) is 0 Å². The molecule has 1 N–H and O–H groups in total. The summed E-state index contributed by atoms with van der Waals surface area (Å²) in [6.45, 7) is 3.77. The Morgan fingerprint density at radius 3 is 1.94 bits per heavy atom. The van der Waals surface area contributed by atoms with E-state index in [1.54, 1.807) is 0 Å². The number of pyridine rings is 1. The Morgan fingerprint density at radius 2 is 1.56 bits per heavy atom. The summed E-state index contributed by atoms with van der Waals surface area (Å²) in [7, 11) is 0. The van der Waals surface area contributed by atoms with Gasteiger partial charge in [-0.2, -0.15) is 22.5 Å². The molecule has 0 aliphatic heterocycles. The monoisotopic (exact) mass is 234 g/mol. The van der Waals surface area contributed by atoms with Gasteiger partial charge in [-0.25, -0.2) is 0 Å². The molecule has 6 heteroatoms. The molecule has 16 heavy (non-hydrogen) atoms. The second kappa shape index (κ2) is 3.33. The first-order chi connectivity index (χ1) is 7.33. The Morgan fingerprint density at radius 1 is 1.12 bits per heavy atom. The quantitative estimate of drug-likeness (QED) is 0.628. The van der Waals surface area contributed by atoms with Crippen molar-refractivity contribution in [3.63, 3.8) is 0 Å². The zero-order valence-corrected chi connectivity index (χ0v) is 8.74. The predicted molar refractivity (Wildman–Crippen MR) is 49.9 cm³/mol. The molecular weight excluding hydrogens is 224 g/mol. The van der Waals surface area contributed by atoms with Gasteiger partial charge in [-0.05, 0) is 11.8 Å². The Bertz CT molecular complexity index is 419. The lowest BCUT2D eigenvalue weighted by Gasteiger charge is -2.10.